The van der Waals surface area contributed by atoms with Crippen molar-refractivity contribution in [1.82, 2.24) is 0 Å². The molecule has 0 spiro atoms. The summed E-state index contributed by atoms with van der Waals surface area (Å²) in [7, 11) is 7.75. The number of rotatable bonds is 1. The average molecular weight is 213 g/mol. The van der Waals surface area contributed by atoms with Gasteiger partial charge in [-0.2, -0.15) is 0 Å². The first-order valence-electron chi connectivity index (χ1n) is 5.49. The number of amides is 1. The second-order valence-electron chi connectivity index (χ2n) is 4.46. The van der Waals surface area contributed by atoms with Crippen molar-refractivity contribution < 1.29 is 9.53 Å². The fraction of sp³-hybridized carbons (Fsp3) is 0.417. The topological polar surface area (TPSA) is 29.5 Å². The first-order valence-corrected chi connectivity index (χ1v) is 5.49. The Bertz CT molecular complexity index is 468. The number of anilines is 1. The first kappa shape index (κ1) is 9.76. The molecule has 1 amide bonds. The van der Waals surface area contributed by atoms with Gasteiger partial charge in [0.2, 0.25) is 0 Å². The van der Waals surface area contributed by atoms with E-state index < -0.39 is 0 Å². The third kappa shape index (κ3) is 1.40. The predicted octanol–water partition coefficient (Wildman–Crippen LogP) is 0.713. The zero-order valence-electron chi connectivity index (χ0n) is 9.19. The van der Waals surface area contributed by atoms with Crippen LogP contribution in [0, 0.1) is 0 Å². The minimum Gasteiger partial charge on any atom is -0.482 e. The Labute approximate surface area is 95.8 Å². The summed E-state index contributed by atoms with van der Waals surface area (Å²) in [6.45, 7) is 0.123. The van der Waals surface area contributed by atoms with E-state index in [1.165, 1.54) is 18.4 Å². The van der Waals surface area contributed by atoms with Gasteiger partial charge in [-0.3, -0.25) is 4.79 Å². The normalized spacial score (nSPS) is 19.3. The van der Waals surface area contributed by atoms with Crippen LogP contribution in [-0.4, -0.2) is 27.4 Å². The van der Waals surface area contributed by atoms with Gasteiger partial charge in [0.1, 0.15) is 13.6 Å². The molecule has 0 saturated heterocycles. The molecule has 1 aromatic rings. The van der Waals surface area contributed by atoms with E-state index in [0.717, 1.165) is 16.9 Å². The highest BCUT2D eigenvalue weighted by atomic mass is 16.5. The summed E-state index contributed by atoms with van der Waals surface area (Å²) in [4.78, 5) is 13.1. The van der Waals surface area contributed by atoms with Crippen molar-refractivity contribution >= 4 is 24.9 Å². The molecule has 3 rings (SSSR count). The largest absolute Gasteiger partial charge is 0.482 e. The van der Waals surface area contributed by atoms with Gasteiger partial charge in [-0.05, 0) is 36.5 Å². The molecule has 1 saturated carbocycles. The SMILES string of the molecule is [B]c1cc2c(cc1C1CC1)OCC(=O)N2C. The van der Waals surface area contributed by atoms with E-state index in [1.807, 2.05) is 12.1 Å². The summed E-state index contributed by atoms with van der Waals surface area (Å²) in [5.41, 5.74) is 2.71. The Hall–Kier alpha value is -1.45. The molecule has 2 radical (unpaired) electrons. The number of hydrogen-bond acceptors (Lipinski definition) is 2. The van der Waals surface area contributed by atoms with Crippen LogP contribution in [0.5, 0.6) is 5.75 Å². The van der Waals surface area contributed by atoms with E-state index in [4.69, 9.17) is 12.6 Å². The van der Waals surface area contributed by atoms with Crippen LogP contribution >= 0.6 is 0 Å². The van der Waals surface area contributed by atoms with Gasteiger partial charge in [0, 0.05) is 7.05 Å². The van der Waals surface area contributed by atoms with Crippen molar-refractivity contribution in [3.05, 3.63) is 17.7 Å². The summed E-state index contributed by atoms with van der Waals surface area (Å²) in [6.07, 6.45) is 2.41. The third-order valence-electron chi connectivity index (χ3n) is 3.27. The van der Waals surface area contributed by atoms with Gasteiger partial charge in [0.25, 0.3) is 5.91 Å². The Kier molecular flexibility index (Phi) is 2.00. The Morgan fingerprint density at radius 1 is 1.44 bits per heavy atom. The highest BCUT2D eigenvalue weighted by molar-refractivity contribution is 6.34. The lowest BCUT2D eigenvalue weighted by atomic mass is 9.87. The zero-order chi connectivity index (χ0) is 11.3. The van der Waals surface area contributed by atoms with Crippen molar-refractivity contribution in [3.63, 3.8) is 0 Å². The number of carbonyl (C=O) groups is 1. The molecule has 80 valence electrons. The monoisotopic (exact) mass is 213 g/mol. The number of ether oxygens (including phenoxy) is 1. The third-order valence-corrected chi connectivity index (χ3v) is 3.27. The molecular formula is C12H12BNO2. The van der Waals surface area contributed by atoms with Crippen molar-refractivity contribution in [3.8, 4) is 5.75 Å². The molecule has 0 atom stereocenters. The van der Waals surface area contributed by atoms with Crippen LogP contribution in [-0.2, 0) is 4.79 Å². The van der Waals surface area contributed by atoms with Gasteiger partial charge in [-0.1, -0.05) is 5.46 Å². The van der Waals surface area contributed by atoms with Crippen molar-refractivity contribution in [1.29, 1.82) is 0 Å². The second-order valence-corrected chi connectivity index (χ2v) is 4.46. The molecule has 1 aliphatic heterocycles. The van der Waals surface area contributed by atoms with Crippen molar-refractivity contribution in [2.75, 3.05) is 18.6 Å². The Morgan fingerprint density at radius 3 is 2.88 bits per heavy atom. The molecule has 0 unspecified atom stereocenters. The maximum atomic E-state index is 11.5. The summed E-state index contributed by atoms with van der Waals surface area (Å²) in [5.74, 6) is 1.33. The van der Waals surface area contributed by atoms with Crippen LogP contribution in [0.1, 0.15) is 24.3 Å². The maximum absolute atomic E-state index is 11.5. The highest BCUT2D eigenvalue weighted by Crippen LogP contribution is 2.42. The lowest BCUT2D eigenvalue weighted by Gasteiger charge is -2.27. The number of benzene rings is 1. The molecule has 1 heterocycles. The van der Waals surface area contributed by atoms with E-state index in [-0.39, 0.29) is 12.5 Å². The van der Waals surface area contributed by atoms with Gasteiger partial charge in [-0.25, -0.2) is 0 Å². The molecule has 4 heteroatoms. The number of carbonyl (C=O) groups excluding carboxylic acids is 1. The highest BCUT2D eigenvalue weighted by Gasteiger charge is 2.29. The van der Waals surface area contributed by atoms with E-state index >= 15 is 0 Å². The standard InChI is InChI=1S/C12H12BNO2/c1-14-10-5-9(13)8(7-2-3-7)4-11(10)16-6-12(14)15/h4-5,7H,2-3,6H2,1H3. The van der Waals surface area contributed by atoms with Crippen molar-refractivity contribution in [2.24, 2.45) is 0 Å². The molecule has 3 nitrogen and oxygen atoms in total. The van der Waals surface area contributed by atoms with Crippen LogP contribution in [0.15, 0.2) is 12.1 Å². The molecule has 1 aliphatic carbocycles. The molecule has 0 aromatic heterocycles. The summed E-state index contributed by atoms with van der Waals surface area (Å²) >= 11 is 0. The Morgan fingerprint density at radius 2 is 2.19 bits per heavy atom. The molecule has 2 aliphatic rings. The lowest BCUT2D eigenvalue weighted by Crippen LogP contribution is -2.36. The summed E-state index contributed by atoms with van der Waals surface area (Å²) in [5, 5.41) is 0. The Balaban J connectivity index is 2.08. The van der Waals surface area contributed by atoms with Gasteiger partial charge < -0.3 is 9.64 Å². The quantitative estimate of drug-likeness (QED) is 0.643. The predicted molar refractivity (Wildman–Crippen MR) is 62.7 cm³/mol. The lowest BCUT2D eigenvalue weighted by molar-refractivity contribution is -0.120. The van der Waals surface area contributed by atoms with Gasteiger partial charge in [0.05, 0.1) is 5.69 Å². The minimum atomic E-state index is -0.0360. The molecule has 16 heavy (non-hydrogen) atoms. The van der Waals surface area contributed by atoms with E-state index in [1.54, 1.807) is 11.9 Å². The fourth-order valence-corrected chi connectivity index (χ4v) is 2.10. The van der Waals surface area contributed by atoms with Crippen LogP contribution < -0.4 is 15.1 Å². The van der Waals surface area contributed by atoms with Crippen LogP contribution in [0.4, 0.5) is 5.69 Å². The minimum absolute atomic E-state index is 0.0360. The zero-order valence-corrected chi connectivity index (χ0v) is 9.19. The number of nitrogens with zero attached hydrogens (tertiary/aromatic N) is 1. The smallest absolute Gasteiger partial charge is 0.264 e. The molecule has 1 aromatic carbocycles. The first-order chi connectivity index (χ1) is 7.66. The van der Waals surface area contributed by atoms with Crippen LogP contribution in [0.3, 0.4) is 0 Å². The van der Waals surface area contributed by atoms with Crippen LogP contribution in [0.25, 0.3) is 0 Å². The molecule has 0 bridgehead atoms. The van der Waals surface area contributed by atoms with E-state index in [0.29, 0.717) is 5.92 Å². The summed E-state index contributed by atoms with van der Waals surface area (Å²) in [6, 6.07) is 3.84. The van der Waals surface area contributed by atoms with Crippen LogP contribution in [0.2, 0.25) is 0 Å². The second kappa shape index (κ2) is 3.27. The molecule has 1 fully saturated rings. The van der Waals surface area contributed by atoms with Gasteiger partial charge in [0.15, 0.2) is 6.61 Å². The van der Waals surface area contributed by atoms with E-state index in [2.05, 4.69) is 0 Å². The summed E-state index contributed by atoms with van der Waals surface area (Å²) < 4.78 is 5.43. The molecular weight excluding hydrogens is 201 g/mol. The fourth-order valence-electron chi connectivity index (χ4n) is 2.10. The van der Waals surface area contributed by atoms with Crippen molar-refractivity contribution in [2.45, 2.75) is 18.8 Å². The van der Waals surface area contributed by atoms with Gasteiger partial charge in [-0.15, -0.1) is 0 Å². The number of likely N-dealkylation sites (N-methyl/N-ethyl adjacent to an activating group) is 1. The number of fused-ring (bicyclic) bond motifs is 1. The average Bonchev–Trinajstić information content (AvgIpc) is 3.08. The maximum Gasteiger partial charge on any atom is 0.264 e. The van der Waals surface area contributed by atoms with Gasteiger partial charge >= 0.3 is 0 Å². The molecule has 0 N–H and O–H groups in total. The van der Waals surface area contributed by atoms with E-state index in [9.17, 15) is 4.79 Å². The number of hydrogen-bond donors (Lipinski definition) is 0.